The van der Waals surface area contributed by atoms with Crippen molar-refractivity contribution in [3.63, 3.8) is 0 Å². The molecule has 3 heterocycles. The van der Waals surface area contributed by atoms with Crippen LogP contribution in [0.1, 0.15) is 25.0 Å². The molecule has 1 aromatic rings. The van der Waals surface area contributed by atoms with E-state index < -0.39 is 5.41 Å². The number of aromatic nitrogens is 1. The van der Waals surface area contributed by atoms with Crippen LogP contribution in [0, 0.1) is 11.3 Å². The molecule has 1 atom stereocenters. The summed E-state index contributed by atoms with van der Waals surface area (Å²) in [6, 6.07) is 8.23. The van der Waals surface area contributed by atoms with E-state index in [-0.39, 0.29) is 11.9 Å². The molecule has 2 fully saturated rings. The Bertz CT molecular complexity index is 557. The lowest BCUT2D eigenvalue weighted by atomic mass is 9.76. The van der Waals surface area contributed by atoms with E-state index in [4.69, 9.17) is 0 Å². The van der Waals surface area contributed by atoms with Crippen LogP contribution in [0.15, 0.2) is 24.4 Å². The fourth-order valence-electron chi connectivity index (χ4n) is 3.43. The minimum Gasteiger partial charge on any atom is -0.344 e. The fraction of sp³-hybridized carbons (Fsp3) is 0.562. The van der Waals surface area contributed by atoms with Crippen molar-refractivity contribution >= 4 is 5.91 Å². The predicted octanol–water partition coefficient (Wildman–Crippen LogP) is 1.17. The van der Waals surface area contributed by atoms with E-state index in [1.807, 2.05) is 25.2 Å². The molecule has 0 N–H and O–H groups in total. The van der Waals surface area contributed by atoms with Gasteiger partial charge in [0.05, 0.1) is 17.8 Å². The number of hydrogen-bond donors (Lipinski definition) is 0. The van der Waals surface area contributed by atoms with Crippen LogP contribution < -0.4 is 0 Å². The van der Waals surface area contributed by atoms with Gasteiger partial charge in [-0.2, -0.15) is 5.26 Å². The van der Waals surface area contributed by atoms with Gasteiger partial charge in [0.2, 0.25) is 5.91 Å². The van der Waals surface area contributed by atoms with E-state index in [0.717, 1.165) is 44.6 Å². The zero-order chi connectivity index (χ0) is 14.9. The third-order valence-corrected chi connectivity index (χ3v) is 4.86. The number of carbonyl (C=O) groups excluding carboxylic acids is 1. The topological polar surface area (TPSA) is 60.2 Å². The molecule has 0 aromatic carbocycles. The molecule has 0 aliphatic carbocycles. The number of piperidine rings is 1. The molecule has 0 spiro atoms. The Hall–Kier alpha value is -1.93. The van der Waals surface area contributed by atoms with Crippen molar-refractivity contribution in [2.24, 2.45) is 0 Å². The fourth-order valence-corrected chi connectivity index (χ4v) is 3.43. The van der Waals surface area contributed by atoms with Crippen LogP contribution in [0.25, 0.3) is 0 Å². The number of nitriles is 1. The molecule has 21 heavy (non-hydrogen) atoms. The van der Waals surface area contributed by atoms with Crippen LogP contribution in [-0.2, 0) is 10.2 Å². The second-order valence-electron chi connectivity index (χ2n) is 6.01. The van der Waals surface area contributed by atoms with E-state index in [1.165, 1.54) is 0 Å². The molecule has 2 aliphatic rings. The third kappa shape index (κ3) is 2.40. The van der Waals surface area contributed by atoms with Gasteiger partial charge in [0.25, 0.3) is 0 Å². The Morgan fingerprint density at radius 1 is 1.33 bits per heavy atom. The summed E-state index contributed by atoms with van der Waals surface area (Å²) in [4.78, 5) is 20.5. The lowest BCUT2D eigenvalue weighted by Crippen LogP contribution is -2.49. The van der Waals surface area contributed by atoms with Crippen LogP contribution in [0.5, 0.6) is 0 Å². The Kier molecular flexibility index (Phi) is 3.64. The van der Waals surface area contributed by atoms with Gasteiger partial charge in [-0.3, -0.25) is 14.7 Å². The molecule has 1 aromatic heterocycles. The zero-order valence-electron chi connectivity index (χ0n) is 12.3. The first kappa shape index (κ1) is 14.0. The van der Waals surface area contributed by atoms with Gasteiger partial charge >= 0.3 is 0 Å². The van der Waals surface area contributed by atoms with Crippen molar-refractivity contribution < 1.29 is 4.79 Å². The third-order valence-electron chi connectivity index (χ3n) is 4.86. The first-order valence-corrected chi connectivity index (χ1v) is 7.48. The number of pyridine rings is 1. The highest BCUT2D eigenvalue weighted by Gasteiger charge is 2.42. The molecule has 2 saturated heterocycles. The van der Waals surface area contributed by atoms with E-state index in [2.05, 4.69) is 16.0 Å². The summed E-state index contributed by atoms with van der Waals surface area (Å²) in [7, 11) is 1.86. The summed E-state index contributed by atoms with van der Waals surface area (Å²) in [6.07, 6.45) is 4.14. The first-order valence-electron chi connectivity index (χ1n) is 7.48. The number of rotatable bonds is 2. The monoisotopic (exact) mass is 284 g/mol. The Morgan fingerprint density at radius 3 is 2.62 bits per heavy atom. The van der Waals surface area contributed by atoms with Crippen molar-refractivity contribution in [3.05, 3.63) is 30.1 Å². The summed E-state index contributed by atoms with van der Waals surface area (Å²) in [6.45, 7) is 2.41. The Balaban J connectivity index is 1.72. The van der Waals surface area contributed by atoms with Gasteiger partial charge < -0.3 is 4.90 Å². The number of hydrogen-bond acceptors (Lipinski definition) is 4. The van der Waals surface area contributed by atoms with E-state index in [9.17, 15) is 10.1 Å². The number of carbonyl (C=O) groups is 1. The largest absolute Gasteiger partial charge is 0.344 e. The molecular formula is C16H20N4O. The van der Waals surface area contributed by atoms with Crippen molar-refractivity contribution in [3.8, 4) is 6.07 Å². The van der Waals surface area contributed by atoms with Crippen molar-refractivity contribution in [2.45, 2.75) is 30.7 Å². The summed E-state index contributed by atoms with van der Waals surface area (Å²) in [5.41, 5.74) is 0.368. The standard InChI is InChI=1S/C16H20N4O/c1-19-9-5-13(15(19)21)20-10-6-16(12-17,7-11-20)14-4-2-3-8-18-14/h2-4,8,13H,5-7,9-11H2,1H3. The smallest absolute Gasteiger partial charge is 0.239 e. The maximum atomic E-state index is 12.1. The lowest BCUT2D eigenvalue weighted by Gasteiger charge is -2.39. The molecule has 1 unspecified atom stereocenters. The van der Waals surface area contributed by atoms with Crippen LogP contribution >= 0.6 is 0 Å². The molecule has 0 saturated carbocycles. The highest BCUT2D eigenvalue weighted by atomic mass is 16.2. The van der Waals surface area contributed by atoms with Crippen molar-refractivity contribution in [1.82, 2.24) is 14.8 Å². The van der Waals surface area contributed by atoms with Gasteiger partial charge in [-0.25, -0.2) is 0 Å². The molecule has 110 valence electrons. The SMILES string of the molecule is CN1CCC(N2CCC(C#N)(c3ccccn3)CC2)C1=O. The number of nitrogens with zero attached hydrogens (tertiary/aromatic N) is 4. The van der Waals surface area contributed by atoms with Crippen molar-refractivity contribution in [1.29, 1.82) is 5.26 Å². The summed E-state index contributed by atoms with van der Waals surface area (Å²) in [5.74, 6) is 0.220. The molecular weight excluding hydrogens is 264 g/mol. The average Bonchev–Trinajstić information content (AvgIpc) is 2.88. The van der Waals surface area contributed by atoms with Crippen LogP contribution in [0.3, 0.4) is 0 Å². The molecule has 0 bridgehead atoms. The van der Waals surface area contributed by atoms with Gasteiger partial charge in [-0.15, -0.1) is 0 Å². The maximum Gasteiger partial charge on any atom is 0.239 e. The quantitative estimate of drug-likeness (QED) is 0.818. The molecule has 5 nitrogen and oxygen atoms in total. The minimum atomic E-state index is -0.495. The van der Waals surface area contributed by atoms with Crippen LogP contribution in [0.4, 0.5) is 0 Å². The predicted molar refractivity (Wildman–Crippen MR) is 78.4 cm³/mol. The van der Waals surface area contributed by atoms with Gasteiger partial charge in [0, 0.05) is 32.9 Å². The molecule has 5 heteroatoms. The van der Waals surface area contributed by atoms with Gasteiger partial charge in [-0.1, -0.05) is 6.07 Å². The summed E-state index contributed by atoms with van der Waals surface area (Å²) in [5, 5.41) is 9.66. The highest BCUT2D eigenvalue weighted by Crippen LogP contribution is 2.35. The van der Waals surface area contributed by atoms with Crippen LogP contribution in [0.2, 0.25) is 0 Å². The number of likely N-dealkylation sites (N-methyl/N-ethyl adjacent to an activating group) is 1. The number of likely N-dealkylation sites (tertiary alicyclic amines) is 2. The molecule has 3 rings (SSSR count). The molecule has 0 radical (unpaired) electrons. The van der Waals surface area contributed by atoms with E-state index in [1.54, 1.807) is 11.1 Å². The van der Waals surface area contributed by atoms with E-state index >= 15 is 0 Å². The van der Waals surface area contributed by atoms with Crippen LogP contribution in [-0.4, -0.2) is 53.4 Å². The first-order chi connectivity index (χ1) is 10.2. The lowest BCUT2D eigenvalue weighted by molar-refractivity contribution is -0.131. The molecule has 2 aliphatic heterocycles. The summed E-state index contributed by atoms with van der Waals surface area (Å²) < 4.78 is 0. The second-order valence-corrected chi connectivity index (χ2v) is 6.01. The minimum absolute atomic E-state index is 0.00965. The average molecular weight is 284 g/mol. The summed E-state index contributed by atoms with van der Waals surface area (Å²) >= 11 is 0. The molecule has 1 amide bonds. The Labute approximate surface area is 125 Å². The van der Waals surface area contributed by atoms with Gasteiger partial charge in [0.1, 0.15) is 5.41 Å². The van der Waals surface area contributed by atoms with E-state index in [0.29, 0.717) is 0 Å². The van der Waals surface area contributed by atoms with Gasteiger partial charge in [0.15, 0.2) is 0 Å². The highest BCUT2D eigenvalue weighted by molar-refractivity contribution is 5.83. The maximum absolute atomic E-state index is 12.1. The zero-order valence-corrected chi connectivity index (χ0v) is 12.3. The normalized spacial score (nSPS) is 25.8. The Morgan fingerprint density at radius 2 is 2.10 bits per heavy atom. The van der Waals surface area contributed by atoms with Gasteiger partial charge in [-0.05, 0) is 31.4 Å². The van der Waals surface area contributed by atoms with Crippen molar-refractivity contribution in [2.75, 3.05) is 26.7 Å². The number of amides is 1. The second kappa shape index (κ2) is 5.45.